The molecular formula is C27H53N7O12. The summed E-state index contributed by atoms with van der Waals surface area (Å²) >= 11 is 0. The van der Waals surface area contributed by atoms with Gasteiger partial charge in [-0.25, -0.2) is 0 Å². The van der Waals surface area contributed by atoms with Gasteiger partial charge in [0, 0.05) is 43.9 Å². The minimum atomic E-state index is -1.75. The second-order valence-electron chi connectivity index (χ2n) is 13.2. The van der Waals surface area contributed by atoms with Crippen molar-refractivity contribution in [1.29, 1.82) is 0 Å². The molecule has 2 aliphatic heterocycles. The summed E-state index contributed by atoms with van der Waals surface area (Å²) in [6.45, 7) is -0.275. The molecule has 268 valence electrons. The Morgan fingerprint density at radius 3 is 2.22 bits per heavy atom. The second-order valence-corrected chi connectivity index (χ2v) is 13.2. The van der Waals surface area contributed by atoms with Gasteiger partial charge in [0.1, 0.15) is 42.2 Å². The van der Waals surface area contributed by atoms with Crippen LogP contribution in [-0.4, -0.2) is 176 Å². The first kappa shape index (κ1) is 37.6. The molecule has 20 N–H and O–H groups in total. The fraction of sp³-hybridized carbons (Fsp3) is 0.963. The van der Waals surface area contributed by atoms with E-state index in [0.717, 1.165) is 0 Å². The molecule has 0 bridgehead atoms. The van der Waals surface area contributed by atoms with E-state index < -0.39 is 116 Å². The third kappa shape index (κ3) is 7.81. The van der Waals surface area contributed by atoms with Crippen LogP contribution in [0.2, 0.25) is 0 Å². The smallest absolute Gasteiger partial charge is 0.252 e. The van der Waals surface area contributed by atoms with E-state index in [1.807, 2.05) is 0 Å². The molecule has 4 rings (SSSR count). The van der Waals surface area contributed by atoms with Gasteiger partial charge in [-0.3, -0.25) is 4.79 Å². The molecule has 19 heteroatoms. The van der Waals surface area contributed by atoms with E-state index in [4.69, 9.17) is 42.9 Å². The van der Waals surface area contributed by atoms with Gasteiger partial charge in [-0.05, 0) is 19.4 Å². The summed E-state index contributed by atoms with van der Waals surface area (Å²) in [6.07, 6.45) is -14.5. The highest BCUT2D eigenvalue weighted by Gasteiger charge is 2.56. The van der Waals surface area contributed by atoms with Gasteiger partial charge in [0.25, 0.3) is 5.91 Å². The zero-order chi connectivity index (χ0) is 34.1. The molecule has 1 amide bonds. The maximum absolute atomic E-state index is 13.1. The number of aliphatic hydroxyl groups excluding tert-OH is 7. The lowest BCUT2D eigenvalue weighted by Gasteiger charge is -2.52. The van der Waals surface area contributed by atoms with Crippen molar-refractivity contribution in [1.82, 2.24) is 10.6 Å². The van der Waals surface area contributed by atoms with E-state index in [1.54, 1.807) is 0 Å². The highest BCUT2D eigenvalue weighted by atomic mass is 16.7. The van der Waals surface area contributed by atoms with Gasteiger partial charge in [-0.2, -0.15) is 0 Å². The maximum atomic E-state index is 13.1. The predicted molar refractivity (Wildman–Crippen MR) is 158 cm³/mol. The van der Waals surface area contributed by atoms with E-state index >= 15 is 0 Å². The van der Waals surface area contributed by atoms with E-state index in [-0.39, 0.29) is 44.9 Å². The summed E-state index contributed by atoms with van der Waals surface area (Å²) in [5, 5.41) is 90.5. The molecule has 0 radical (unpaired) electrons. The molecule has 0 spiro atoms. The molecule has 16 atom stereocenters. The Hall–Kier alpha value is -1.21. The molecule has 2 saturated heterocycles. The minimum Gasteiger partial charge on any atom is -0.394 e. The van der Waals surface area contributed by atoms with Crippen LogP contribution >= 0.6 is 0 Å². The van der Waals surface area contributed by atoms with Gasteiger partial charge in [-0.1, -0.05) is 0 Å². The van der Waals surface area contributed by atoms with Crippen molar-refractivity contribution in [3.05, 3.63) is 0 Å². The number of nitrogens with one attached hydrogen (secondary N) is 2. The average molecular weight is 668 g/mol. The van der Waals surface area contributed by atoms with Crippen molar-refractivity contribution in [2.24, 2.45) is 34.6 Å². The van der Waals surface area contributed by atoms with Crippen molar-refractivity contribution < 1.29 is 59.9 Å². The number of hydrogen-bond donors (Lipinski definition) is 15. The normalized spacial score (nSPS) is 48.8. The van der Waals surface area contributed by atoms with Gasteiger partial charge in [0.2, 0.25) is 0 Å². The van der Waals surface area contributed by atoms with Crippen molar-refractivity contribution >= 4 is 5.91 Å². The van der Waals surface area contributed by atoms with Crippen molar-refractivity contribution in [3.63, 3.8) is 0 Å². The Kier molecular flexibility index (Phi) is 12.7. The van der Waals surface area contributed by atoms with Gasteiger partial charge in [0.15, 0.2) is 6.29 Å². The number of carbonyl (C=O) groups excluding carboxylic acids is 1. The van der Waals surface area contributed by atoms with Crippen LogP contribution in [-0.2, 0) is 19.0 Å². The SMILES string of the molecule is NCCC(O)CNCC1OC(C2C(N)CC(NC(=O)C3(O)CC(N)C3)C(OC3OC(CO)C(O)C(N)C3O)C2O)C(N)C(O)C1O. The van der Waals surface area contributed by atoms with Crippen molar-refractivity contribution in [3.8, 4) is 0 Å². The molecule has 2 saturated carbocycles. The van der Waals surface area contributed by atoms with Crippen LogP contribution in [0.4, 0.5) is 0 Å². The highest BCUT2D eigenvalue weighted by molar-refractivity contribution is 5.86. The molecule has 4 aliphatic rings. The zero-order valence-corrected chi connectivity index (χ0v) is 25.6. The fourth-order valence-electron chi connectivity index (χ4n) is 6.95. The quantitative estimate of drug-likeness (QED) is 0.0918. The summed E-state index contributed by atoms with van der Waals surface area (Å²) in [7, 11) is 0. The number of ether oxygens (including phenoxy) is 3. The van der Waals surface area contributed by atoms with Gasteiger partial charge in [-0.15, -0.1) is 0 Å². The molecule has 46 heavy (non-hydrogen) atoms. The minimum absolute atomic E-state index is 0.00728. The van der Waals surface area contributed by atoms with Gasteiger partial charge in [0.05, 0.1) is 49.1 Å². The lowest BCUT2D eigenvalue weighted by Crippen LogP contribution is -2.73. The molecule has 4 fully saturated rings. The molecule has 0 aromatic heterocycles. The first-order valence-electron chi connectivity index (χ1n) is 15.8. The third-order valence-corrected chi connectivity index (χ3v) is 9.76. The Morgan fingerprint density at radius 2 is 1.61 bits per heavy atom. The summed E-state index contributed by atoms with van der Waals surface area (Å²) in [4.78, 5) is 13.1. The fourth-order valence-corrected chi connectivity index (χ4v) is 6.95. The Labute approximate surface area is 266 Å². The summed E-state index contributed by atoms with van der Waals surface area (Å²) in [5.74, 6) is -1.85. The maximum Gasteiger partial charge on any atom is 0.252 e. The Morgan fingerprint density at radius 1 is 0.935 bits per heavy atom. The van der Waals surface area contributed by atoms with Crippen LogP contribution < -0.4 is 39.3 Å². The number of aliphatic hydroxyl groups is 8. The highest BCUT2D eigenvalue weighted by Crippen LogP contribution is 2.38. The molecule has 2 heterocycles. The number of nitrogens with two attached hydrogens (primary N) is 5. The monoisotopic (exact) mass is 667 g/mol. The summed E-state index contributed by atoms with van der Waals surface area (Å²) < 4.78 is 17.7. The molecule has 2 aliphatic carbocycles. The van der Waals surface area contributed by atoms with Crippen LogP contribution in [0.3, 0.4) is 0 Å². The molecule has 16 unspecified atom stereocenters. The molecular weight excluding hydrogens is 614 g/mol. The first-order chi connectivity index (χ1) is 21.6. The zero-order valence-electron chi connectivity index (χ0n) is 25.6. The van der Waals surface area contributed by atoms with Crippen LogP contribution in [0, 0.1) is 5.92 Å². The standard InChI is InChI=1S/C27H53N7O12/c28-2-1-10(36)6-33-7-13-19(38)21(40)17(32)24(44-13)15-11(30)3-12(34-26(42)27(43)4-9(29)5-27)23(20(15)39)46-25-22(41)16(31)18(37)14(8-35)45-25/h9-25,33,35-41,43H,1-8,28-32H2,(H,34,42). The topological polar surface area (TPSA) is 361 Å². The molecule has 19 nitrogen and oxygen atoms in total. The number of hydrogen-bond acceptors (Lipinski definition) is 18. The van der Waals surface area contributed by atoms with Crippen LogP contribution in [0.5, 0.6) is 0 Å². The first-order valence-corrected chi connectivity index (χ1v) is 15.8. The predicted octanol–water partition coefficient (Wildman–Crippen LogP) is -8.70. The van der Waals surface area contributed by atoms with Crippen LogP contribution in [0.1, 0.15) is 25.7 Å². The largest absolute Gasteiger partial charge is 0.394 e. The number of carbonyl (C=O) groups is 1. The lowest BCUT2D eigenvalue weighted by molar-refractivity contribution is -0.307. The van der Waals surface area contributed by atoms with Gasteiger partial charge < -0.3 is 94.4 Å². The molecule has 0 aromatic rings. The van der Waals surface area contributed by atoms with Gasteiger partial charge >= 0.3 is 0 Å². The summed E-state index contributed by atoms with van der Waals surface area (Å²) in [5.41, 5.74) is 28.3. The second kappa shape index (κ2) is 15.6. The average Bonchev–Trinajstić information content (AvgIpc) is 2.99. The summed E-state index contributed by atoms with van der Waals surface area (Å²) in [6, 6.07) is -4.93. The van der Waals surface area contributed by atoms with E-state index in [0.29, 0.717) is 6.42 Å². The third-order valence-electron chi connectivity index (χ3n) is 9.76. The van der Waals surface area contributed by atoms with Crippen molar-refractivity contribution in [2.45, 2.75) is 129 Å². The van der Waals surface area contributed by atoms with Crippen molar-refractivity contribution in [2.75, 3.05) is 26.2 Å². The van der Waals surface area contributed by atoms with Crippen LogP contribution in [0.25, 0.3) is 0 Å². The van der Waals surface area contributed by atoms with E-state index in [9.17, 15) is 45.6 Å². The number of rotatable bonds is 12. The Balaban J connectivity index is 1.57. The van der Waals surface area contributed by atoms with Crippen LogP contribution in [0.15, 0.2) is 0 Å². The van der Waals surface area contributed by atoms with E-state index in [1.165, 1.54) is 0 Å². The molecule has 0 aromatic carbocycles. The number of amides is 1. The van der Waals surface area contributed by atoms with E-state index in [2.05, 4.69) is 10.6 Å². The lowest BCUT2D eigenvalue weighted by atomic mass is 9.71. The Bertz CT molecular complexity index is 999.